The normalized spacial score (nSPS) is 18.0. The van der Waals surface area contributed by atoms with Crippen molar-refractivity contribution in [2.45, 2.75) is 25.9 Å². The van der Waals surface area contributed by atoms with Crippen molar-refractivity contribution in [1.29, 1.82) is 0 Å². The number of ether oxygens (including phenoxy) is 2. The molecule has 0 N–H and O–H groups in total. The molecule has 0 aromatic carbocycles. The maximum atomic E-state index is 11.3. The minimum Gasteiger partial charge on any atom is -0.466 e. The smallest absolute Gasteiger partial charge is 0.332 e. The number of esters is 1. The van der Waals surface area contributed by atoms with Crippen LogP contribution >= 0.6 is 0 Å². The topological polar surface area (TPSA) is 38.8 Å². The maximum absolute atomic E-state index is 11.3. The zero-order chi connectivity index (χ0) is 12.7. The third-order valence-corrected chi connectivity index (χ3v) is 2.82. The van der Waals surface area contributed by atoms with E-state index in [2.05, 4.69) is 16.2 Å². The average molecular weight is 239 g/mol. The molecule has 1 aliphatic rings. The van der Waals surface area contributed by atoms with E-state index in [1.807, 2.05) is 6.92 Å². The van der Waals surface area contributed by atoms with Crippen LogP contribution in [0, 0.1) is 0 Å². The Kier molecular flexibility index (Phi) is 5.77. The molecule has 0 saturated carbocycles. The molecule has 0 radical (unpaired) electrons. The molecule has 0 spiro atoms. The number of carbonyl (C=O) groups excluding carboxylic acids is 1. The Morgan fingerprint density at radius 1 is 1.47 bits per heavy atom. The van der Waals surface area contributed by atoms with E-state index in [1.165, 1.54) is 13.2 Å². The van der Waals surface area contributed by atoms with Gasteiger partial charge in [0.2, 0.25) is 0 Å². The predicted octanol–water partition coefficient (Wildman–Crippen LogP) is 1.73. The lowest BCUT2D eigenvalue weighted by atomic mass is 10.3. The molecule has 0 aliphatic carbocycles. The highest BCUT2D eigenvalue weighted by Crippen LogP contribution is 2.15. The Balaban J connectivity index is 2.61. The second-order valence-corrected chi connectivity index (χ2v) is 4.10. The van der Waals surface area contributed by atoms with Crippen LogP contribution in [-0.4, -0.2) is 43.8 Å². The van der Waals surface area contributed by atoms with Crippen LogP contribution in [-0.2, 0) is 14.3 Å². The highest BCUT2D eigenvalue weighted by molar-refractivity contribution is 5.82. The molecule has 1 fully saturated rings. The number of hydrogen-bond donors (Lipinski definition) is 0. The fourth-order valence-electron chi connectivity index (χ4n) is 1.71. The molecule has 0 amide bonds. The lowest BCUT2D eigenvalue weighted by Crippen LogP contribution is -2.24. The summed E-state index contributed by atoms with van der Waals surface area (Å²) in [7, 11) is 1.38. The van der Waals surface area contributed by atoms with Crippen LogP contribution in [0.15, 0.2) is 24.4 Å². The third-order valence-electron chi connectivity index (χ3n) is 2.82. The van der Waals surface area contributed by atoms with Crippen LogP contribution in [0.5, 0.6) is 0 Å². The van der Waals surface area contributed by atoms with E-state index < -0.39 is 0 Å². The van der Waals surface area contributed by atoms with Gasteiger partial charge in [-0.05, 0) is 19.8 Å². The van der Waals surface area contributed by atoms with E-state index >= 15 is 0 Å². The highest BCUT2D eigenvalue weighted by Gasteiger charge is 2.16. The van der Waals surface area contributed by atoms with E-state index in [9.17, 15) is 4.79 Å². The third kappa shape index (κ3) is 4.61. The monoisotopic (exact) mass is 239 g/mol. The highest BCUT2D eigenvalue weighted by atomic mass is 16.5. The van der Waals surface area contributed by atoms with Crippen molar-refractivity contribution in [1.82, 2.24) is 4.90 Å². The van der Waals surface area contributed by atoms with Gasteiger partial charge < -0.3 is 14.4 Å². The molecule has 17 heavy (non-hydrogen) atoms. The van der Waals surface area contributed by atoms with Crippen molar-refractivity contribution in [3.05, 3.63) is 24.4 Å². The van der Waals surface area contributed by atoms with Crippen LogP contribution in [0.3, 0.4) is 0 Å². The summed E-state index contributed by atoms with van der Waals surface area (Å²) in [5, 5.41) is 0. The summed E-state index contributed by atoms with van der Waals surface area (Å²) in [6, 6.07) is 0. The second kappa shape index (κ2) is 7.12. The summed E-state index contributed by atoms with van der Waals surface area (Å²) in [5.74, 6) is -0.332. The summed E-state index contributed by atoms with van der Waals surface area (Å²) in [6.45, 7) is 7.97. The predicted molar refractivity (Wildman–Crippen MR) is 66.5 cm³/mol. The molecule has 96 valence electrons. The quantitative estimate of drug-likeness (QED) is 0.402. The van der Waals surface area contributed by atoms with Gasteiger partial charge in [0, 0.05) is 24.9 Å². The van der Waals surface area contributed by atoms with Crippen LogP contribution < -0.4 is 0 Å². The van der Waals surface area contributed by atoms with Crippen LogP contribution in [0.4, 0.5) is 0 Å². The average Bonchev–Trinajstić information content (AvgIpc) is 2.87. The zero-order valence-electron chi connectivity index (χ0n) is 10.6. The molecule has 0 aromatic rings. The molecule has 1 unspecified atom stereocenters. The minimum atomic E-state index is -0.332. The molecule has 1 heterocycles. The molecular formula is C13H21NO3. The van der Waals surface area contributed by atoms with E-state index in [0.717, 1.165) is 31.6 Å². The molecule has 4 nitrogen and oxygen atoms in total. The van der Waals surface area contributed by atoms with Gasteiger partial charge in [-0.1, -0.05) is 6.08 Å². The van der Waals surface area contributed by atoms with Crippen molar-refractivity contribution in [2.75, 3.05) is 26.8 Å². The first-order chi connectivity index (χ1) is 8.17. The fraction of sp³-hybridized carbons (Fsp3) is 0.615. The molecule has 0 bridgehead atoms. The van der Waals surface area contributed by atoms with Gasteiger partial charge in [-0.15, -0.1) is 6.58 Å². The van der Waals surface area contributed by atoms with Crippen molar-refractivity contribution < 1.29 is 14.3 Å². The lowest BCUT2D eigenvalue weighted by molar-refractivity contribution is -0.135. The van der Waals surface area contributed by atoms with Crippen LogP contribution in [0.25, 0.3) is 0 Å². The van der Waals surface area contributed by atoms with Gasteiger partial charge in [0.25, 0.3) is 0 Å². The van der Waals surface area contributed by atoms with Crippen molar-refractivity contribution in [2.24, 2.45) is 0 Å². The molecule has 0 aromatic heterocycles. The van der Waals surface area contributed by atoms with Gasteiger partial charge in [-0.2, -0.15) is 0 Å². The van der Waals surface area contributed by atoms with E-state index in [1.54, 1.807) is 6.08 Å². The summed E-state index contributed by atoms with van der Waals surface area (Å²) in [4.78, 5) is 13.5. The first-order valence-electron chi connectivity index (χ1n) is 5.95. The van der Waals surface area contributed by atoms with Gasteiger partial charge >= 0.3 is 5.97 Å². The first-order valence-corrected chi connectivity index (χ1v) is 5.95. The largest absolute Gasteiger partial charge is 0.466 e. The van der Waals surface area contributed by atoms with Gasteiger partial charge in [0.15, 0.2) is 0 Å². The molecule has 1 rings (SSSR count). The number of nitrogens with zero attached hydrogens (tertiary/aromatic N) is 1. The van der Waals surface area contributed by atoms with Gasteiger partial charge in [0.1, 0.15) is 0 Å². The minimum absolute atomic E-state index is 0.0151. The van der Waals surface area contributed by atoms with Crippen molar-refractivity contribution >= 4 is 5.97 Å². The maximum Gasteiger partial charge on any atom is 0.332 e. The van der Waals surface area contributed by atoms with Crippen LogP contribution in [0.1, 0.15) is 19.8 Å². The van der Waals surface area contributed by atoms with Gasteiger partial charge in [-0.25, -0.2) is 4.79 Å². The number of hydrogen-bond acceptors (Lipinski definition) is 4. The zero-order valence-corrected chi connectivity index (χ0v) is 10.6. The molecule has 1 saturated heterocycles. The summed E-state index contributed by atoms with van der Waals surface area (Å²) in [5.41, 5.74) is 0.892. The SMILES string of the molecule is C=CC(C)OC/C(=C\C(=O)OC)N1CCCC1. The summed E-state index contributed by atoms with van der Waals surface area (Å²) < 4.78 is 10.2. The standard InChI is InChI=1S/C13H21NO3/c1-4-11(2)17-10-12(9-13(15)16-3)14-7-5-6-8-14/h4,9,11H,1,5-8,10H2,2-3H3/b12-9+. The first kappa shape index (κ1) is 13.8. The fourth-order valence-corrected chi connectivity index (χ4v) is 1.71. The van der Waals surface area contributed by atoms with Crippen LogP contribution in [0.2, 0.25) is 0 Å². The molecule has 4 heteroatoms. The Hall–Kier alpha value is -1.29. The van der Waals surface area contributed by atoms with Crippen molar-refractivity contribution in [3.63, 3.8) is 0 Å². The Morgan fingerprint density at radius 2 is 2.12 bits per heavy atom. The van der Waals surface area contributed by atoms with Crippen molar-refractivity contribution in [3.8, 4) is 0 Å². The van der Waals surface area contributed by atoms with Gasteiger partial charge in [-0.3, -0.25) is 0 Å². The number of rotatable bonds is 6. The number of likely N-dealkylation sites (tertiary alicyclic amines) is 1. The Bertz CT molecular complexity index is 293. The number of methoxy groups -OCH3 is 1. The molecule has 1 aliphatic heterocycles. The van der Waals surface area contributed by atoms with E-state index in [0.29, 0.717) is 6.61 Å². The molecular weight excluding hydrogens is 218 g/mol. The van der Waals surface area contributed by atoms with E-state index in [-0.39, 0.29) is 12.1 Å². The van der Waals surface area contributed by atoms with Gasteiger partial charge in [0.05, 0.1) is 19.8 Å². The lowest BCUT2D eigenvalue weighted by Gasteiger charge is -2.22. The summed E-state index contributed by atoms with van der Waals surface area (Å²) in [6.07, 6.45) is 5.56. The second-order valence-electron chi connectivity index (χ2n) is 4.10. The Morgan fingerprint density at radius 3 is 2.65 bits per heavy atom. The number of carbonyl (C=O) groups is 1. The molecule has 1 atom stereocenters. The summed E-state index contributed by atoms with van der Waals surface area (Å²) >= 11 is 0. The van der Waals surface area contributed by atoms with E-state index in [4.69, 9.17) is 4.74 Å². The Labute approximate surface area is 103 Å².